The van der Waals surface area contributed by atoms with E-state index in [1.54, 1.807) is 19.9 Å². The zero-order valence-corrected chi connectivity index (χ0v) is 11.7. The smallest absolute Gasteiger partial charge is 0.340 e. The molecule has 0 amide bonds. The van der Waals surface area contributed by atoms with E-state index in [-0.39, 0.29) is 13.0 Å². The van der Waals surface area contributed by atoms with E-state index in [9.17, 15) is 15.2 Å². The van der Waals surface area contributed by atoms with Crippen molar-refractivity contribution in [2.45, 2.75) is 45.6 Å². The molecular weight excluding hydrogens is 244 g/mol. The van der Waals surface area contributed by atoms with Crippen LogP contribution in [0.2, 0.25) is 0 Å². The summed E-state index contributed by atoms with van der Waals surface area (Å²) >= 11 is 0. The maximum Gasteiger partial charge on any atom is 0.340 e. The number of carbonyl (C=O) groups is 1. The van der Waals surface area contributed by atoms with Gasteiger partial charge in [-0.05, 0) is 33.6 Å². The van der Waals surface area contributed by atoms with Crippen molar-refractivity contribution >= 4 is 5.97 Å². The van der Waals surface area contributed by atoms with E-state index in [2.05, 4.69) is 6.58 Å². The van der Waals surface area contributed by atoms with Gasteiger partial charge in [0.05, 0.1) is 30.6 Å². The van der Waals surface area contributed by atoms with E-state index in [1.807, 2.05) is 6.07 Å². The summed E-state index contributed by atoms with van der Waals surface area (Å²) in [7, 11) is 0. The molecule has 2 atom stereocenters. The predicted molar refractivity (Wildman–Crippen MR) is 69.6 cm³/mol. The number of hydrogen-bond acceptors (Lipinski definition) is 5. The van der Waals surface area contributed by atoms with Crippen molar-refractivity contribution in [3.63, 3.8) is 0 Å². The number of nitrogens with zero attached hydrogens (tertiary/aromatic N) is 2. The summed E-state index contributed by atoms with van der Waals surface area (Å²) in [5, 5.41) is 28.6. The Hall–Kier alpha value is -1.85. The average molecular weight is 264 g/mol. The van der Waals surface area contributed by atoms with Crippen LogP contribution in [0.1, 0.15) is 40.0 Å². The average Bonchev–Trinajstić information content (AvgIpc) is 2.36. The van der Waals surface area contributed by atoms with E-state index < -0.39 is 23.4 Å². The Labute approximate surface area is 114 Å². The number of hydrogen-bond donors (Lipinski definition) is 1. The second kappa shape index (κ2) is 6.92. The maximum atomic E-state index is 11.9. The highest BCUT2D eigenvalue weighted by atomic mass is 16.5. The lowest BCUT2D eigenvalue weighted by atomic mass is 9.69. The van der Waals surface area contributed by atoms with Crippen LogP contribution in [0.15, 0.2) is 12.2 Å². The monoisotopic (exact) mass is 264 g/mol. The van der Waals surface area contributed by atoms with Crippen LogP contribution < -0.4 is 0 Å². The van der Waals surface area contributed by atoms with Crippen LogP contribution in [0.25, 0.3) is 0 Å². The Morgan fingerprint density at radius 2 is 2.05 bits per heavy atom. The van der Waals surface area contributed by atoms with E-state index in [0.29, 0.717) is 6.42 Å². The summed E-state index contributed by atoms with van der Waals surface area (Å²) in [5.74, 6) is -0.928. The van der Waals surface area contributed by atoms with Gasteiger partial charge in [-0.1, -0.05) is 5.57 Å². The topological polar surface area (TPSA) is 94.1 Å². The Morgan fingerprint density at radius 1 is 1.47 bits per heavy atom. The highest BCUT2D eigenvalue weighted by molar-refractivity contribution is 5.81. The third kappa shape index (κ3) is 3.81. The fourth-order valence-electron chi connectivity index (χ4n) is 1.68. The summed E-state index contributed by atoms with van der Waals surface area (Å²) < 4.78 is 4.80. The van der Waals surface area contributed by atoms with E-state index in [4.69, 9.17) is 10.00 Å². The number of carbonyl (C=O) groups excluding carboxylic acids is 1. The predicted octanol–water partition coefficient (Wildman–Crippen LogP) is 2.08. The fourth-order valence-corrected chi connectivity index (χ4v) is 1.68. The summed E-state index contributed by atoms with van der Waals surface area (Å²) in [6.07, 6.45) is 0.235. The third-order valence-corrected chi connectivity index (χ3v) is 3.16. The van der Waals surface area contributed by atoms with Gasteiger partial charge in [0.1, 0.15) is 0 Å². The van der Waals surface area contributed by atoms with Crippen molar-refractivity contribution in [1.82, 2.24) is 0 Å². The lowest BCUT2D eigenvalue weighted by Gasteiger charge is -2.36. The molecule has 1 N–H and O–H groups in total. The van der Waals surface area contributed by atoms with Gasteiger partial charge in [-0.2, -0.15) is 10.5 Å². The van der Waals surface area contributed by atoms with Crippen LogP contribution in [-0.4, -0.2) is 23.3 Å². The minimum atomic E-state index is -2.12. The summed E-state index contributed by atoms with van der Waals surface area (Å²) in [5.41, 5.74) is -2.68. The molecule has 0 rings (SSSR count). The SMILES string of the molecule is C=C(C)CCC(C)(C#N)C(O)(CC#N)C(=O)OCC. The van der Waals surface area contributed by atoms with E-state index >= 15 is 0 Å². The lowest BCUT2D eigenvalue weighted by molar-refractivity contribution is -0.175. The second-order valence-electron chi connectivity index (χ2n) is 4.82. The molecule has 0 saturated carbocycles. The van der Waals surface area contributed by atoms with Gasteiger partial charge in [0.15, 0.2) is 5.60 Å². The van der Waals surface area contributed by atoms with Crippen LogP contribution in [0.4, 0.5) is 0 Å². The molecule has 0 radical (unpaired) electrons. The number of ether oxygens (including phenoxy) is 1. The number of rotatable bonds is 7. The minimum absolute atomic E-state index is 0.0779. The molecule has 104 valence electrons. The Balaban J connectivity index is 5.43. The summed E-state index contributed by atoms with van der Waals surface area (Å²) in [6.45, 7) is 8.67. The number of allylic oxidation sites excluding steroid dienone is 1. The molecule has 0 aromatic rings. The van der Waals surface area contributed by atoms with Crippen LogP contribution in [-0.2, 0) is 9.53 Å². The molecule has 0 heterocycles. The van der Waals surface area contributed by atoms with Gasteiger partial charge in [-0.15, -0.1) is 6.58 Å². The van der Waals surface area contributed by atoms with Gasteiger partial charge in [-0.3, -0.25) is 0 Å². The van der Waals surface area contributed by atoms with Crippen molar-refractivity contribution in [3.8, 4) is 12.1 Å². The molecule has 0 aromatic heterocycles. The first kappa shape index (κ1) is 17.2. The molecule has 5 heteroatoms. The number of aliphatic hydroxyl groups is 1. The van der Waals surface area contributed by atoms with E-state index in [0.717, 1.165) is 5.57 Å². The van der Waals surface area contributed by atoms with Crippen molar-refractivity contribution in [3.05, 3.63) is 12.2 Å². The van der Waals surface area contributed by atoms with Gasteiger partial charge in [0.25, 0.3) is 0 Å². The van der Waals surface area contributed by atoms with Gasteiger partial charge >= 0.3 is 5.97 Å². The molecule has 0 aliphatic heterocycles. The van der Waals surface area contributed by atoms with Crippen molar-refractivity contribution in [2.24, 2.45) is 5.41 Å². The van der Waals surface area contributed by atoms with Crippen LogP contribution >= 0.6 is 0 Å². The van der Waals surface area contributed by atoms with Crippen molar-refractivity contribution in [1.29, 1.82) is 10.5 Å². The standard InChI is InChI=1S/C14H20N2O3/c1-5-19-12(17)14(18,8-9-15)13(4,10-16)7-6-11(2)3/h18H,2,5-8H2,1,3-4H3. The van der Waals surface area contributed by atoms with Crippen molar-refractivity contribution in [2.75, 3.05) is 6.61 Å². The minimum Gasteiger partial charge on any atom is -0.464 e. The lowest BCUT2D eigenvalue weighted by Crippen LogP contribution is -2.53. The van der Waals surface area contributed by atoms with Gasteiger partial charge in [-0.25, -0.2) is 4.79 Å². The maximum absolute atomic E-state index is 11.9. The molecule has 0 bridgehead atoms. The Morgan fingerprint density at radius 3 is 2.42 bits per heavy atom. The second-order valence-corrected chi connectivity index (χ2v) is 4.82. The molecule has 19 heavy (non-hydrogen) atoms. The summed E-state index contributed by atoms with van der Waals surface area (Å²) in [4.78, 5) is 11.9. The van der Waals surface area contributed by atoms with Gasteiger partial charge in [0.2, 0.25) is 0 Å². The number of nitriles is 2. The van der Waals surface area contributed by atoms with E-state index in [1.165, 1.54) is 6.92 Å². The summed E-state index contributed by atoms with van der Waals surface area (Å²) in [6, 6.07) is 3.71. The van der Waals surface area contributed by atoms with Gasteiger partial charge in [0, 0.05) is 0 Å². The largest absolute Gasteiger partial charge is 0.464 e. The highest BCUT2D eigenvalue weighted by Gasteiger charge is 2.54. The molecule has 0 spiro atoms. The van der Waals surface area contributed by atoms with Crippen LogP contribution in [0.3, 0.4) is 0 Å². The normalized spacial score (nSPS) is 16.3. The first-order valence-electron chi connectivity index (χ1n) is 6.09. The molecule has 2 unspecified atom stereocenters. The van der Waals surface area contributed by atoms with Crippen LogP contribution in [0.5, 0.6) is 0 Å². The van der Waals surface area contributed by atoms with Crippen LogP contribution in [0, 0.1) is 28.1 Å². The molecule has 0 aliphatic carbocycles. The first-order chi connectivity index (χ1) is 8.77. The Bertz CT molecular complexity index is 433. The third-order valence-electron chi connectivity index (χ3n) is 3.16. The molecule has 0 fully saturated rings. The quantitative estimate of drug-likeness (QED) is 0.561. The highest BCUT2D eigenvalue weighted by Crippen LogP contribution is 2.39. The molecule has 0 saturated heterocycles. The number of esters is 1. The zero-order valence-electron chi connectivity index (χ0n) is 11.7. The fraction of sp³-hybridized carbons (Fsp3) is 0.643. The zero-order chi connectivity index (χ0) is 15.1. The molecular formula is C14H20N2O3. The Kier molecular flexibility index (Phi) is 6.24. The first-order valence-corrected chi connectivity index (χ1v) is 6.09. The van der Waals surface area contributed by atoms with Gasteiger partial charge < -0.3 is 9.84 Å². The molecule has 0 aromatic carbocycles. The van der Waals surface area contributed by atoms with Crippen molar-refractivity contribution < 1.29 is 14.6 Å². The molecule has 5 nitrogen and oxygen atoms in total. The molecule has 0 aliphatic rings.